The van der Waals surface area contributed by atoms with Gasteiger partial charge in [-0.15, -0.1) is 0 Å². The Hall–Kier alpha value is -2.27. The summed E-state index contributed by atoms with van der Waals surface area (Å²) >= 11 is 5.89. The fourth-order valence-corrected chi connectivity index (χ4v) is 1.83. The molecular formula is C14H13ClN2O3. The van der Waals surface area contributed by atoms with Crippen LogP contribution in [0.2, 0.25) is 5.02 Å². The molecule has 5 nitrogen and oxygen atoms in total. The number of amides is 1. The zero-order valence-corrected chi connectivity index (χ0v) is 11.8. The first kappa shape index (κ1) is 14.1. The van der Waals surface area contributed by atoms with Gasteiger partial charge in [0, 0.05) is 29.9 Å². The SMILES string of the molecule is COc1ccc(Cl)cc1NC(=O)c1ccn(C)c(=O)c1. The number of nitrogens with zero attached hydrogens (tertiary/aromatic N) is 1. The minimum absolute atomic E-state index is 0.254. The van der Waals surface area contributed by atoms with E-state index in [9.17, 15) is 9.59 Å². The molecule has 0 aliphatic carbocycles. The summed E-state index contributed by atoms with van der Waals surface area (Å²) in [4.78, 5) is 23.6. The maximum Gasteiger partial charge on any atom is 0.256 e. The van der Waals surface area contributed by atoms with E-state index in [1.54, 1.807) is 31.3 Å². The minimum atomic E-state index is -0.400. The second-order valence-electron chi connectivity index (χ2n) is 4.16. The Balaban J connectivity index is 2.29. The van der Waals surface area contributed by atoms with Gasteiger partial charge in [0.2, 0.25) is 0 Å². The van der Waals surface area contributed by atoms with Gasteiger partial charge in [0.15, 0.2) is 0 Å². The molecule has 1 heterocycles. The maximum atomic E-state index is 12.1. The molecule has 0 fully saturated rings. The maximum absolute atomic E-state index is 12.1. The van der Waals surface area contributed by atoms with E-state index in [1.807, 2.05) is 0 Å². The predicted octanol–water partition coefficient (Wildman–Crippen LogP) is 2.30. The number of halogens is 1. The van der Waals surface area contributed by atoms with Crippen LogP contribution in [0.1, 0.15) is 10.4 Å². The summed E-state index contributed by atoms with van der Waals surface area (Å²) in [5, 5.41) is 3.15. The molecule has 2 rings (SSSR count). The molecule has 0 aliphatic rings. The van der Waals surface area contributed by atoms with Crippen LogP contribution < -0.4 is 15.6 Å². The lowest BCUT2D eigenvalue weighted by Crippen LogP contribution is -2.20. The number of ether oxygens (including phenoxy) is 1. The molecule has 0 saturated carbocycles. The van der Waals surface area contributed by atoms with E-state index in [4.69, 9.17) is 16.3 Å². The largest absolute Gasteiger partial charge is 0.495 e. The minimum Gasteiger partial charge on any atom is -0.495 e. The number of rotatable bonds is 3. The molecule has 1 aromatic heterocycles. The summed E-state index contributed by atoms with van der Waals surface area (Å²) in [7, 11) is 3.11. The number of methoxy groups -OCH3 is 1. The summed E-state index contributed by atoms with van der Waals surface area (Å²) < 4.78 is 6.53. The van der Waals surface area contributed by atoms with Gasteiger partial charge >= 0.3 is 0 Å². The standard InChI is InChI=1S/C14H13ClN2O3/c1-17-6-5-9(7-13(17)18)14(19)16-11-8-10(15)3-4-12(11)20-2/h3-8H,1-2H3,(H,16,19). The average Bonchev–Trinajstić information content (AvgIpc) is 2.42. The highest BCUT2D eigenvalue weighted by molar-refractivity contribution is 6.31. The first-order chi connectivity index (χ1) is 9.51. The zero-order chi connectivity index (χ0) is 14.7. The Morgan fingerprint density at radius 2 is 2.05 bits per heavy atom. The molecule has 0 saturated heterocycles. The molecule has 0 spiro atoms. The third kappa shape index (κ3) is 3.00. The van der Waals surface area contributed by atoms with Crippen LogP contribution in [0.25, 0.3) is 0 Å². The fourth-order valence-electron chi connectivity index (χ4n) is 1.66. The number of carbonyl (C=O) groups is 1. The van der Waals surface area contributed by atoms with Crippen molar-refractivity contribution in [3.05, 3.63) is 57.5 Å². The Kier molecular flexibility index (Phi) is 4.10. The second-order valence-corrected chi connectivity index (χ2v) is 4.60. The lowest BCUT2D eigenvalue weighted by Gasteiger charge is -2.10. The Morgan fingerprint density at radius 3 is 2.70 bits per heavy atom. The number of nitrogens with one attached hydrogen (secondary N) is 1. The van der Waals surface area contributed by atoms with E-state index in [2.05, 4.69) is 5.32 Å². The van der Waals surface area contributed by atoms with Gasteiger partial charge < -0.3 is 14.6 Å². The van der Waals surface area contributed by atoms with E-state index >= 15 is 0 Å². The number of hydrogen-bond donors (Lipinski definition) is 1. The van der Waals surface area contributed by atoms with E-state index in [-0.39, 0.29) is 11.1 Å². The highest BCUT2D eigenvalue weighted by atomic mass is 35.5. The zero-order valence-electron chi connectivity index (χ0n) is 11.0. The number of anilines is 1. The van der Waals surface area contributed by atoms with Crippen molar-refractivity contribution in [2.45, 2.75) is 0 Å². The van der Waals surface area contributed by atoms with Gasteiger partial charge in [-0.25, -0.2) is 0 Å². The number of benzene rings is 1. The monoisotopic (exact) mass is 292 g/mol. The summed E-state index contributed by atoms with van der Waals surface area (Å²) in [5.74, 6) is 0.0925. The molecule has 0 unspecified atom stereocenters. The van der Waals surface area contributed by atoms with E-state index < -0.39 is 5.91 Å². The first-order valence-electron chi connectivity index (χ1n) is 5.83. The third-order valence-corrected chi connectivity index (χ3v) is 3.01. The number of aryl methyl sites for hydroxylation is 1. The van der Waals surface area contributed by atoms with Crippen LogP contribution in [0.4, 0.5) is 5.69 Å². The van der Waals surface area contributed by atoms with Crippen LogP contribution in [0.5, 0.6) is 5.75 Å². The summed E-state index contributed by atoms with van der Waals surface area (Å²) in [6.07, 6.45) is 1.53. The topological polar surface area (TPSA) is 60.3 Å². The number of hydrogen-bond acceptors (Lipinski definition) is 3. The van der Waals surface area contributed by atoms with Crippen LogP contribution in [-0.4, -0.2) is 17.6 Å². The average molecular weight is 293 g/mol. The van der Waals surface area contributed by atoms with Gasteiger partial charge in [-0.3, -0.25) is 9.59 Å². The molecule has 1 aromatic carbocycles. The molecule has 104 valence electrons. The third-order valence-electron chi connectivity index (χ3n) is 2.78. The number of pyridine rings is 1. The quantitative estimate of drug-likeness (QED) is 0.944. The van der Waals surface area contributed by atoms with Gasteiger partial charge in [0.05, 0.1) is 12.8 Å². The summed E-state index contributed by atoms with van der Waals surface area (Å²) in [6.45, 7) is 0. The Bertz CT molecular complexity index is 710. The van der Waals surface area contributed by atoms with Crippen LogP contribution in [0, 0.1) is 0 Å². The van der Waals surface area contributed by atoms with Crippen LogP contribution in [-0.2, 0) is 7.05 Å². The molecule has 0 aliphatic heterocycles. The predicted molar refractivity (Wildman–Crippen MR) is 77.6 cm³/mol. The molecule has 6 heteroatoms. The normalized spacial score (nSPS) is 10.2. The molecule has 2 aromatic rings. The van der Waals surface area contributed by atoms with Crippen LogP contribution in [0.3, 0.4) is 0 Å². The van der Waals surface area contributed by atoms with E-state index in [0.717, 1.165) is 0 Å². The van der Waals surface area contributed by atoms with Crippen molar-refractivity contribution >= 4 is 23.2 Å². The van der Waals surface area contributed by atoms with Crippen molar-refractivity contribution in [3.8, 4) is 5.75 Å². The van der Waals surface area contributed by atoms with Crippen LogP contribution in [0.15, 0.2) is 41.3 Å². The molecule has 0 atom stereocenters. The molecule has 1 amide bonds. The van der Waals surface area contributed by atoms with Crippen molar-refractivity contribution in [2.24, 2.45) is 7.05 Å². The van der Waals surface area contributed by atoms with Crippen molar-refractivity contribution in [3.63, 3.8) is 0 Å². The van der Waals surface area contributed by atoms with Gasteiger partial charge in [0.1, 0.15) is 5.75 Å². The first-order valence-corrected chi connectivity index (χ1v) is 6.20. The van der Waals surface area contributed by atoms with E-state index in [0.29, 0.717) is 16.5 Å². The molecule has 0 radical (unpaired) electrons. The van der Waals surface area contributed by atoms with Crippen molar-refractivity contribution in [2.75, 3.05) is 12.4 Å². The smallest absolute Gasteiger partial charge is 0.256 e. The van der Waals surface area contributed by atoms with Gasteiger partial charge in [0.25, 0.3) is 11.5 Å². The van der Waals surface area contributed by atoms with Crippen LogP contribution >= 0.6 is 11.6 Å². The fraction of sp³-hybridized carbons (Fsp3) is 0.143. The lowest BCUT2D eigenvalue weighted by atomic mass is 10.2. The molecule has 0 bridgehead atoms. The van der Waals surface area contributed by atoms with Gasteiger partial charge in [-0.05, 0) is 24.3 Å². The molecular weight excluding hydrogens is 280 g/mol. The number of carbonyl (C=O) groups excluding carboxylic acids is 1. The highest BCUT2D eigenvalue weighted by Crippen LogP contribution is 2.27. The lowest BCUT2D eigenvalue weighted by molar-refractivity contribution is 0.102. The molecule has 1 N–H and O–H groups in total. The van der Waals surface area contributed by atoms with Crippen molar-refractivity contribution < 1.29 is 9.53 Å². The Morgan fingerprint density at radius 1 is 1.30 bits per heavy atom. The summed E-state index contributed by atoms with van der Waals surface area (Å²) in [6, 6.07) is 7.73. The number of aromatic nitrogens is 1. The van der Waals surface area contributed by atoms with Gasteiger partial charge in [-0.1, -0.05) is 11.6 Å². The highest BCUT2D eigenvalue weighted by Gasteiger charge is 2.11. The second kappa shape index (κ2) is 5.79. The Labute approximate surface area is 120 Å². The molecule has 20 heavy (non-hydrogen) atoms. The van der Waals surface area contributed by atoms with Crippen molar-refractivity contribution in [1.82, 2.24) is 4.57 Å². The van der Waals surface area contributed by atoms with Gasteiger partial charge in [-0.2, -0.15) is 0 Å². The van der Waals surface area contributed by atoms with Crippen molar-refractivity contribution in [1.29, 1.82) is 0 Å². The summed E-state index contributed by atoms with van der Waals surface area (Å²) in [5.41, 5.74) is 0.469. The van der Waals surface area contributed by atoms with E-state index in [1.165, 1.54) is 23.9 Å².